The molecule has 21 heavy (non-hydrogen) atoms. The minimum Gasteiger partial charge on any atom is -0.449 e. The highest BCUT2D eigenvalue weighted by atomic mass is 16.5. The summed E-state index contributed by atoms with van der Waals surface area (Å²) in [7, 11) is 0. The molecule has 0 aliphatic carbocycles. The normalized spacial score (nSPS) is 13.3. The summed E-state index contributed by atoms with van der Waals surface area (Å²) in [4.78, 5) is 37.7. The van der Waals surface area contributed by atoms with Gasteiger partial charge in [0.15, 0.2) is 6.10 Å². The smallest absolute Gasteiger partial charge is 0.333 e. The van der Waals surface area contributed by atoms with E-state index in [9.17, 15) is 14.4 Å². The van der Waals surface area contributed by atoms with Crippen molar-refractivity contribution in [2.75, 3.05) is 0 Å². The van der Waals surface area contributed by atoms with E-state index >= 15 is 0 Å². The molecule has 0 N–H and O–H groups in total. The number of imide groups is 1. The van der Waals surface area contributed by atoms with Crippen molar-refractivity contribution in [1.82, 2.24) is 4.90 Å². The molecule has 1 unspecified atom stereocenters. The van der Waals surface area contributed by atoms with Crippen molar-refractivity contribution in [2.24, 2.45) is 5.41 Å². The van der Waals surface area contributed by atoms with E-state index in [0.29, 0.717) is 0 Å². The third-order valence-electron chi connectivity index (χ3n) is 2.72. The van der Waals surface area contributed by atoms with Crippen LogP contribution < -0.4 is 0 Å². The summed E-state index contributed by atoms with van der Waals surface area (Å²) < 4.78 is 5.03. The van der Waals surface area contributed by atoms with Crippen LogP contribution in [0.15, 0.2) is 12.2 Å². The zero-order chi connectivity index (χ0) is 17.2. The Morgan fingerprint density at radius 1 is 1.05 bits per heavy atom. The van der Waals surface area contributed by atoms with Gasteiger partial charge >= 0.3 is 5.97 Å². The van der Waals surface area contributed by atoms with E-state index in [0.717, 1.165) is 0 Å². The number of ether oxygens (including phenoxy) is 1. The second-order valence-corrected chi connectivity index (χ2v) is 7.23. The molecule has 0 rings (SSSR count). The zero-order valence-corrected chi connectivity index (χ0v) is 14.4. The van der Waals surface area contributed by atoms with Gasteiger partial charge in [-0.15, -0.1) is 0 Å². The fourth-order valence-electron chi connectivity index (χ4n) is 1.56. The van der Waals surface area contributed by atoms with Crippen molar-refractivity contribution in [3.8, 4) is 0 Å². The van der Waals surface area contributed by atoms with Gasteiger partial charge in [0.05, 0.1) is 0 Å². The lowest BCUT2D eigenvalue weighted by Crippen LogP contribution is -2.56. The quantitative estimate of drug-likeness (QED) is 0.593. The van der Waals surface area contributed by atoms with Gasteiger partial charge in [-0.25, -0.2) is 4.79 Å². The lowest BCUT2D eigenvalue weighted by molar-refractivity contribution is -0.167. The first-order valence-corrected chi connectivity index (χ1v) is 6.94. The monoisotopic (exact) mass is 297 g/mol. The molecule has 120 valence electrons. The lowest BCUT2D eigenvalue weighted by atomic mass is 9.91. The molecule has 0 aromatic heterocycles. The molecule has 0 saturated carbocycles. The summed E-state index contributed by atoms with van der Waals surface area (Å²) in [5.41, 5.74) is -1.20. The highest BCUT2D eigenvalue weighted by molar-refractivity contribution is 6.01. The Hall–Kier alpha value is -1.65. The summed E-state index contributed by atoms with van der Waals surface area (Å²) in [5, 5.41) is 0. The number of amides is 2. The Labute approximate surface area is 127 Å². The van der Waals surface area contributed by atoms with Gasteiger partial charge in [-0.3, -0.25) is 14.5 Å². The van der Waals surface area contributed by atoms with Crippen LogP contribution in [0.5, 0.6) is 0 Å². The van der Waals surface area contributed by atoms with Crippen LogP contribution in [0.2, 0.25) is 0 Å². The minimum atomic E-state index is -1.04. The first-order valence-electron chi connectivity index (χ1n) is 6.94. The van der Waals surface area contributed by atoms with E-state index in [1.165, 1.54) is 18.7 Å². The van der Waals surface area contributed by atoms with Crippen LogP contribution in [0.1, 0.15) is 55.4 Å². The van der Waals surface area contributed by atoms with Crippen LogP contribution in [0.3, 0.4) is 0 Å². The molecule has 0 radical (unpaired) electrons. The maximum atomic E-state index is 12.5. The Bertz CT molecular complexity index is 452. The Morgan fingerprint density at radius 3 is 1.76 bits per heavy atom. The van der Waals surface area contributed by atoms with Gasteiger partial charge in [-0.1, -0.05) is 27.4 Å². The van der Waals surface area contributed by atoms with Crippen molar-refractivity contribution < 1.29 is 19.1 Å². The average Bonchev–Trinajstić information content (AvgIpc) is 2.25. The van der Waals surface area contributed by atoms with Crippen LogP contribution in [-0.4, -0.2) is 34.3 Å². The predicted octanol–water partition coefficient (Wildman–Crippen LogP) is 2.69. The molecule has 0 spiro atoms. The minimum absolute atomic E-state index is 0.208. The van der Waals surface area contributed by atoms with Gasteiger partial charge in [0.25, 0.3) is 5.91 Å². The molecule has 0 heterocycles. The van der Waals surface area contributed by atoms with E-state index in [1.807, 2.05) is 0 Å². The SMILES string of the molecule is C=C(C)C(=O)OC(C)C(=O)N(C(=O)C(C)(C)C)C(C)(C)C. The summed E-state index contributed by atoms with van der Waals surface area (Å²) in [6.45, 7) is 16.9. The molecule has 0 aromatic carbocycles. The van der Waals surface area contributed by atoms with Crippen molar-refractivity contribution in [1.29, 1.82) is 0 Å². The van der Waals surface area contributed by atoms with E-state index < -0.39 is 28.9 Å². The largest absolute Gasteiger partial charge is 0.449 e. The highest BCUT2D eigenvalue weighted by Crippen LogP contribution is 2.25. The number of hydrogen-bond acceptors (Lipinski definition) is 4. The van der Waals surface area contributed by atoms with E-state index in [4.69, 9.17) is 4.74 Å². The van der Waals surface area contributed by atoms with Crippen molar-refractivity contribution >= 4 is 17.8 Å². The molecule has 1 atom stereocenters. The van der Waals surface area contributed by atoms with Gasteiger partial charge in [-0.2, -0.15) is 0 Å². The maximum absolute atomic E-state index is 12.5. The van der Waals surface area contributed by atoms with Crippen molar-refractivity contribution in [2.45, 2.75) is 67.0 Å². The second-order valence-electron chi connectivity index (χ2n) is 7.23. The third-order valence-corrected chi connectivity index (χ3v) is 2.72. The molecule has 0 bridgehead atoms. The number of nitrogens with zero attached hydrogens (tertiary/aromatic N) is 1. The molecule has 2 amide bonds. The molecule has 0 aliphatic heterocycles. The van der Waals surface area contributed by atoms with Crippen LogP contribution in [0.4, 0.5) is 0 Å². The van der Waals surface area contributed by atoms with Crippen LogP contribution in [0, 0.1) is 5.41 Å². The molecule has 0 saturated heterocycles. The van der Waals surface area contributed by atoms with Gasteiger partial charge in [0.1, 0.15) is 0 Å². The Morgan fingerprint density at radius 2 is 1.48 bits per heavy atom. The van der Waals surface area contributed by atoms with Crippen LogP contribution in [0.25, 0.3) is 0 Å². The van der Waals surface area contributed by atoms with E-state index in [-0.39, 0.29) is 11.5 Å². The van der Waals surface area contributed by atoms with Crippen LogP contribution in [-0.2, 0) is 19.1 Å². The fraction of sp³-hybridized carbons (Fsp3) is 0.688. The molecule has 0 fully saturated rings. The summed E-state index contributed by atoms with van der Waals surface area (Å²) in [6, 6.07) is 0. The first kappa shape index (κ1) is 19.4. The van der Waals surface area contributed by atoms with Gasteiger partial charge in [0, 0.05) is 16.5 Å². The summed E-state index contributed by atoms with van der Waals surface area (Å²) >= 11 is 0. The zero-order valence-electron chi connectivity index (χ0n) is 14.4. The molecule has 0 aliphatic rings. The second kappa shape index (κ2) is 6.41. The van der Waals surface area contributed by atoms with Crippen molar-refractivity contribution in [3.05, 3.63) is 12.2 Å². The summed E-state index contributed by atoms with van der Waals surface area (Å²) in [6.07, 6.45) is -1.04. The molecule has 5 nitrogen and oxygen atoms in total. The topological polar surface area (TPSA) is 63.7 Å². The Balaban J connectivity index is 5.38. The standard InChI is InChI=1S/C16H27NO4/c1-10(2)13(19)21-11(3)12(18)17(16(7,8)9)14(20)15(4,5)6/h11H,1H2,2-9H3. The molecule has 0 aromatic rings. The number of rotatable bonds is 3. The van der Waals surface area contributed by atoms with Gasteiger partial charge in [0.2, 0.25) is 5.91 Å². The maximum Gasteiger partial charge on any atom is 0.333 e. The average molecular weight is 297 g/mol. The molecule has 5 heteroatoms. The predicted molar refractivity (Wildman–Crippen MR) is 81.4 cm³/mol. The molecular weight excluding hydrogens is 270 g/mol. The Kier molecular flexibility index (Phi) is 5.91. The van der Waals surface area contributed by atoms with E-state index in [1.54, 1.807) is 41.5 Å². The molecular formula is C16H27NO4. The third kappa shape index (κ3) is 5.33. The highest BCUT2D eigenvalue weighted by Gasteiger charge is 2.40. The summed E-state index contributed by atoms with van der Waals surface area (Å²) in [5.74, 6) is -1.48. The lowest BCUT2D eigenvalue weighted by Gasteiger charge is -2.38. The van der Waals surface area contributed by atoms with Gasteiger partial charge < -0.3 is 4.74 Å². The first-order chi connectivity index (χ1) is 9.19. The van der Waals surface area contributed by atoms with Crippen molar-refractivity contribution in [3.63, 3.8) is 0 Å². The number of carbonyl (C=O) groups excluding carboxylic acids is 3. The number of esters is 1. The number of hydrogen-bond donors (Lipinski definition) is 0. The van der Waals surface area contributed by atoms with E-state index in [2.05, 4.69) is 6.58 Å². The van der Waals surface area contributed by atoms with Crippen LogP contribution >= 0.6 is 0 Å². The fourth-order valence-corrected chi connectivity index (χ4v) is 1.56. The number of carbonyl (C=O) groups is 3. The van der Waals surface area contributed by atoms with Gasteiger partial charge in [-0.05, 0) is 34.6 Å².